The van der Waals surface area contributed by atoms with Gasteiger partial charge in [-0.1, -0.05) is 41.7 Å². The predicted molar refractivity (Wildman–Crippen MR) is 118 cm³/mol. The summed E-state index contributed by atoms with van der Waals surface area (Å²) in [5.41, 5.74) is 1.54. The third kappa shape index (κ3) is 3.74. The van der Waals surface area contributed by atoms with Gasteiger partial charge in [-0.15, -0.1) is 0 Å². The number of ether oxygens (including phenoxy) is 1. The Bertz CT molecular complexity index is 1280. The molecule has 0 amide bonds. The van der Waals surface area contributed by atoms with Gasteiger partial charge >= 0.3 is 5.97 Å². The number of allylic oxidation sites excluding steroid dienone is 1. The van der Waals surface area contributed by atoms with Crippen molar-refractivity contribution in [2.75, 3.05) is 6.61 Å². The number of fused-ring (bicyclic) bond motifs is 1. The molecule has 1 atom stereocenters. The van der Waals surface area contributed by atoms with Crippen LogP contribution in [0.15, 0.2) is 67.9 Å². The summed E-state index contributed by atoms with van der Waals surface area (Å²) in [6.45, 7) is 3.78. The zero-order valence-corrected chi connectivity index (χ0v) is 18.7. The molecule has 29 heavy (non-hydrogen) atoms. The Kier molecular flexibility index (Phi) is 5.55. The van der Waals surface area contributed by atoms with Crippen molar-refractivity contribution in [3.05, 3.63) is 88.5 Å². The van der Waals surface area contributed by atoms with Crippen LogP contribution in [0.5, 0.6) is 0 Å². The fourth-order valence-corrected chi connectivity index (χ4v) is 4.74. The van der Waals surface area contributed by atoms with Crippen LogP contribution >= 0.6 is 33.9 Å². The van der Waals surface area contributed by atoms with Crippen LogP contribution in [-0.2, 0) is 9.53 Å². The molecule has 6 nitrogen and oxygen atoms in total. The third-order valence-corrected chi connectivity index (χ3v) is 6.06. The Hall–Kier alpha value is -2.46. The molecule has 0 bridgehead atoms. The van der Waals surface area contributed by atoms with Crippen molar-refractivity contribution in [1.82, 2.24) is 4.57 Å². The van der Waals surface area contributed by atoms with Gasteiger partial charge in [-0.2, -0.15) is 0 Å². The first-order chi connectivity index (χ1) is 14.0. The molecule has 0 radical (unpaired) electrons. The number of rotatable bonds is 4. The normalized spacial score (nSPS) is 16.5. The highest BCUT2D eigenvalue weighted by Gasteiger charge is 2.33. The number of hydrogen-bond donors (Lipinski definition) is 0. The zero-order chi connectivity index (χ0) is 20.5. The van der Waals surface area contributed by atoms with E-state index in [1.54, 1.807) is 24.5 Å². The van der Waals surface area contributed by atoms with E-state index in [2.05, 4.69) is 27.6 Å². The monoisotopic (exact) mass is 520 g/mol. The predicted octanol–water partition coefficient (Wildman–Crippen LogP) is 3.00. The molecule has 0 spiro atoms. The van der Waals surface area contributed by atoms with E-state index in [1.165, 1.54) is 11.3 Å². The van der Waals surface area contributed by atoms with Crippen molar-refractivity contribution in [3.63, 3.8) is 0 Å². The number of hydrogen-bond acceptors (Lipinski definition) is 6. The van der Waals surface area contributed by atoms with Gasteiger partial charge < -0.3 is 9.15 Å². The fourth-order valence-electron chi connectivity index (χ4n) is 3.28. The van der Waals surface area contributed by atoms with Crippen molar-refractivity contribution in [2.45, 2.75) is 19.9 Å². The smallest absolute Gasteiger partial charge is 0.338 e. The molecule has 1 aliphatic rings. The average molecular weight is 520 g/mol. The van der Waals surface area contributed by atoms with E-state index >= 15 is 0 Å². The van der Waals surface area contributed by atoms with Crippen molar-refractivity contribution < 1.29 is 13.9 Å². The number of esters is 1. The minimum Gasteiger partial charge on any atom is -0.463 e. The number of furan rings is 1. The minimum absolute atomic E-state index is 0.219. The van der Waals surface area contributed by atoms with E-state index in [1.807, 2.05) is 42.5 Å². The SMILES string of the molecule is CCOC(=O)C1=C(C)N=c2s/c(=C/c3ccc(I)o3)c(=O)n2[C@H]1c1ccccc1. The van der Waals surface area contributed by atoms with E-state index in [0.29, 0.717) is 26.4 Å². The summed E-state index contributed by atoms with van der Waals surface area (Å²) < 4.78 is 13.6. The molecule has 1 aromatic carbocycles. The summed E-state index contributed by atoms with van der Waals surface area (Å²) in [4.78, 5) is 31.1. The maximum atomic E-state index is 13.3. The lowest BCUT2D eigenvalue weighted by molar-refractivity contribution is -0.139. The maximum Gasteiger partial charge on any atom is 0.338 e. The molecule has 8 heteroatoms. The third-order valence-electron chi connectivity index (χ3n) is 4.50. The zero-order valence-electron chi connectivity index (χ0n) is 15.7. The van der Waals surface area contributed by atoms with Crippen LogP contribution in [0.3, 0.4) is 0 Å². The number of thiazole rings is 1. The Morgan fingerprint density at radius 2 is 2.07 bits per heavy atom. The summed E-state index contributed by atoms with van der Waals surface area (Å²) in [5, 5.41) is 0. The molecular weight excluding hydrogens is 503 g/mol. The molecular formula is C21H17IN2O4S. The van der Waals surface area contributed by atoms with E-state index in [9.17, 15) is 9.59 Å². The lowest BCUT2D eigenvalue weighted by Crippen LogP contribution is -2.39. The van der Waals surface area contributed by atoms with Gasteiger partial charge in [0.2, 0.25) is 0 Å². The molecule has 0 saturated heterocycles. The first kappa shape index (κ1) is 19.8. The quantitative estimate of drug-likeness (QED) is 0.392. The molecule has 1 aliphatic heterocycles. The summed E-state index contributed by atoms with van der Waals surface area (Å²) in [6.07, 6.45) is 1.71. The van der Waals surface area contributed by atoms with Gasteiger partial charge in [-0.3, -0.25) is 9.36 Å². The van der Waals surface area contributed by atoms with Crippen LogP contribution in [0.2, 0.25) is 0 Å². The number of aromatic nitrogens is 1. The van der Waals surface area contributed by atoms with E-state index in [0.717, 1.165) is 9.33 Å². The Balaban J connectivity index is 1.96. The van der Waals surface area contributed by atoms with Crippen LogP contribution in [0.4, 0.5) is 0 Å². The van der Waals surface area contributed by atoms with Gasteiger partial charge in [-0.05, 0) is 54.1 Å². The molecule has 0 unspecified atom stereocenters. The first-order valence-corrected chi connectivity index (χ1v) is 10.9. The van der Waals surface area contributed by atoms with Crippen LogP contribution in [-0.4, -0.2) is 17.1 Å². The van der Waals surface area contributed by atoms with Crippen molar-refractivity contribution in [2.24, 2.45) is 4.99 Å². The van der Waals surface area contributed by atoms with Gasteiger partial charge in [0, 0.05) is 6.08 Å². The molecule has 0 saturated carbocycles. The largest absolute Gasteiger partial charge is 0.463 e. The van der Waals surface area contributed by atoms with E-state index in [4.69, 9.17) is 9.15 Å². The second-order valence-electron chi connectivity index (χ2n) is 6.35. The molecule has 0 N–H and O–H groups in total. The molecule has 2 aromatic heterocycles. The van der Waals surface area contributed by atoms with Gasteiger partial charge in [0.05, 0.1) is 28.5 Å². The van der Waals surface area contributed by atoms with Crippen LogP contribution in [0.25, 0.3) is 6.08 Å². The number of halogens is 1. The van der Waals surface area contributed by atoms with E-state index < -0.39 is 12.0 Å². The molecule has 0 fully saturated rings. The van der Waals surface area contributed by atoms with Crippen molar-refractivity contribution >= 4 is 46.0 Å². The molecule has 4 rings (SSSR count). The Morgan fingerprint density at radius 1 is 1.31 bits per heavy atom. The molecule has 3 aromatic rings. The van der Waals surface area contributed by atoms with Crippen molar-refractivity contribution in [3.8, 4) is 0 Å². The second-order valence-corrected chi connectivity index (χ2v) is 8.43. The average Bonchev–Trinajstić information content (AvgIpc) is 3.24. The summed E-state index contributed by atoms with van der Waals surface area (Å²) in [7, 11) is 0. The number of carbonyl (C=O) groups excluding carboxylic acids is 1. The topological polar surface area (TPSA) is 73.8 Å². The first-order valence-electron chi connectivity index (χ1n) is 8.99. The molecule has 3 heterocycles. The standard InChI is InChI=1S/C21H17IN2O4S/c1-3-27-20(26)17-12(2)23-21-24(18(17)13-7-5-4-6-8-13)19(25)15(29-21)11-14-9-10-16(22)28-14/h4-11,18H,3H2,1-2H3/b15-11+/t18-/m0/s1. The maximum absolute atomic E-state index is 13.3. The van der Waals surface area contributed by atoms with E-state index in [-0.39, 0.29) is 12.2 Å². The van der Waals surface area contributed by atoms with Gasteiger partial charge in [-0.25, -0.2) is 9.79 Å². The van der Waals surface area contributed by atoms with Crippen molar-refractivity contribution in [1.29, 1.82) is 0 Å². The lowest BCUT2D eigenvalue weighted by Gasteiger charge is -2.24. The van der Waals surface area contributed by atoms with Gasteiger partial charge in [0.25, 0.3) is 5.56 Å². The number of carbonyl (C=O) groups is 1. The Morgan fingerprint density at radius 3 is 2.72 bits per heavy atom. The minimum atomic E-state index is -0.592. The number of nitrogens with zero attached hydrogens (tertiary/aromatic N) is 2. The van der Waals surface area contributed by atoms with Crippen LogP contribution in [0, 0.1) is 3.77 Å². The second kappa shape index (κ2) is 8.11. The lowest BCUT2D eigenvalue weighted by atomic mass is 9.96. The van der Waals surface area contributed by atoms with Gasteiger partial charge in [0.1, 0.15) is 5.76 Å². The molecule has 148 valence electrons. The Labute approximate surface area is 184 Å². The highest BCUT2D eigenvalue weighted by Crippen LogP contribution is 2.30. The van der Waals surface area contributed by atoms with Crippen LogP contribution in [0.1, 0.15) is 31.2 Å². The highest BCUT2D eigenvalue weighted by atomic mass is 127. The summed E-state index contributed by atoms with van der Waals surface area (Å²) in [5.74, 6) is 0.134. The highest BCUT2D eigenvalue weighted by molar-refractivity contribution is 14.1. The fraction of sp³-hybridized carbons (Fsp3) is 0.190. The molecule has 0 aliphatic carbocycles. The summed E-state index contributed by atoms with van der Waals surface area (Å²) >= 11 is 3.35. The summed E-state index contributed by atoms with van der Waals surface area (Å²) in [6, 6.07) is 12.5. The number of benzene rings is 1. The van der Waals surface area contributed by atoms with Crippen LogP contribution < -0.4 is 14.9 Å². The van der Waals surface area contributed by atoms with Gasteiger partial charge in [0.15, 0.2) is 8.57 Å².